The van der Waals surface area contributed by atoms with E-state index >= 15 is 0 Å². The van der Waals surface area contributed by atoms with Gasteiger partial charge in [0.1, 0.15) is 24.1 Å². The number of hydrogen-bond acceptors (Lipinski definition) is 8. The standard InChI is InChI=1S/C22H31F2N2O8P/c1-5-21(4,34-35(31,32)22(30,6-2)7-3)10-14-15(27)16(28)17(33-14)12-8-11-9-13(23)18(24)25-19(11)26-20(12)29/h8-9,14-17,27-28,30H,5-7,10H2,1-4H3,(H,31,32)(H,25,26,29)/t14-,15?,16+,17+,21?/m1/s1. The molecule has 3 heterocycles. The maximum atomic E-state index is 13.6. The van der Waals surface area contributed by atoms with Gasteiger partial charge in [-0.3, -0.25) is 9.36 Å². The van der Waals surface area contributed by atoms with Crippen LogP contribution in [0, 0.1) is 11.8 Å². The summed E-state index contributed by atoms with van der Waals surface area (Å²) in [6.45, 7) is 6.31. The Bertz CT molecular complexity index is 1140. The maximum absolute atomic E-state index is 13.6. The number of nitrogens with one attached hydrogen (secondary N) is 1. The Morgan fingerprint density at radius 1 is 1.17 bits per heavy atom. The third kappa shape index (κ3) is 5.20. The van der Waals surface area contributed by atoms with Crippen molar-refractivity contribution in [3.05, 3.63) is 39.8 Å². The fraction of sp³-hybridized carbons (Fsp3) is 0.636. The van der Waals surface area contributed by atoms with Crippen molar-refractivity contribution in [2.75, 3.05) is 0 Å². The van der Waals surface area contributed by atoms with Crippen molar-refractivity contribution < 1.29 is 42.8 Å². The number of ether oxygens (including phenoxy) is 1. The Morgan fingerprint density at radius 2 is 1.80 bits per heavy atom. The minimum absolute atomic E-state index is 0.0242. The second kappa shape index (κ2) is 9.93. The number of fused-ring (bicyclic) bond motifs is 1. The Balaban J connectivity index is 1.88. The van der Waals surface area contributed by atoms with Crippen molar-refractivity contribution in [3.8, 4) is 11.4 Å². The SMILES string of the molecule is CCC(C)(C[C@H]1O[C@@H](c2cc3cc(F)c(F)[nH]c-3nc2=O)[C@@H](O)C1O)OP(=O)(O)C(O)(CC)CC. The first kappa shape index (κ1) is 27.8. The van der Waals surface area contributed by atoms with Crippen molar-refractivity contribution in [1.82, 2.24) is 9.97 Å². The molecule has 3 aliphatic heterocycles. The molecule has 3 unspecified atom stereocenters. The van der Waals surface area contributed by atoms with Crippen LogP contribution in [0.1, 0.15) is 65.0 Å². The summed E-state index contributed by atoms with van der Waals surface area (Å²) in [7, 11) is -4.54. The Morgan fingerprint density at radius 3 is 2.37 bits per heavy atom. The molecule has 13 heteroatoms. The molecule has 0 aromatic rings. The topological polar surface area (TPSA) is 162 Å². The average Bonchev–Trinajstić information content (AvgIpc) is 3.06. The van der Waals surface area contributed by atoms with Crippen LogP contribution in [0.15, 0.2) is 16.9 Å². The monoisotopic (exact) mass is 520 g/mol. The lowest BCUT2D eigenvalue weighted by atomic mass is 9.92. The number of aliphatic hydroxyl groups excluding tert-OH is 2. The van der Waals surface area contributed by atoms with Gasteiger partial charge in [0.05, 0.1) is 17.3 Å². The van der Waals surface area contributed by atoms with Gasteiger partial charge in [0.2, 0.25) is 5.95 Å². The first-order chi connectivity index (χ1) is 16.2. The summed E-state index contributed by atoms with van der Waals surface area (Å²) >= 11 is 0. The van der Waals surface area contributed by atoms with E-state index in [1.807, 2.05) is 4.98 Å². The predicted molar refractivity (Wildman–Crippen MR) is 121 cm³/mol. The second-order valence-corrected chi connectivity index (χ2v) is 11.2. The number of aromatic amines is 1. The van der Waals surface area contributed by atoms with Crippen LogP contribution in [-0.2, 0) is 13.8 Å². The van der Waals surface area contributed by atoms with Crippen LogP contribution >= 0.6 is 7.60 Å². The summed E-state index contributed by atoms with van der Waals surface area (Å²) in [6, 6.07) is 2.02. The molecule has 6 atom stereocenters. The molecule has 0 amide bonds. The molecule has 0 spiro atoms. The summed E-state index contributed by atoms with van der Waals surface area (Å²) in [5.74, 6) is -2.69. The molecule has 3 aliphatic rings. The normalized spacial score (nSPS) is 26.6. The summed E-state index contributed by atoms with van der Waals surface area (Å²) in [5.41, 5.74) is -2.35. The quantitative estimate of drug-likeness (QED) is 0.247. The molecule has 0 aliphatic carbocycles. The molecule has 1 fully saturated rings. The van der Waals surface area contributed by atoms with Gasteiger partial charge in [0.25, 0.3) is 5.56 Å². The molecule has 35 heavy (non-hydrogen) atoms. The van der Waals surface area contributed by atoms with Crippen LogP contribution in [0.5, 0.6) is 0 Å². The van der Waals surface area contributed by atoms with Crippen molar-refractivity contribution in [1.29, 1.82) is 0 Å². The van der Waals surface area contributed by atoms with E-state index in [-0.39, 0.29) is 42.6 Å². The molecule has 0 bridgehead atoms. The van der Waals surface area contributed by atoms with Gasteiger partial charge in [-0.25, -0.2) is 4.39 Å². The van der Waals surface area contributed by atoms with Crippen LogP contribution in [0.25, 0.3) is 11.4 Å². The largest absolute Gasteiger partial charge is 0.388 e. The van der Waals surface area contributed by atoms with Crippen molar-refractivity contribution >= 4 is 7.60 Å². The van der Waals surface area contributed by atoms with E-state index in [1.54, 1.807) is 20.8 Å². The molecule has 10 nitrogen and oxygen atoms in total. The number of aliphatic hydroxyl groups is 3. The van der Waals surface area contributed by atoms with Crippen molar-refractivity contribution in [3.63, 3.8) is 0 Å². The molecule has 0 radical (unpaired) electrons. The number of hydrogen-bond donors (Lipinski definition) is 5. The van der Waals surface area contributed by atoms with Crippen LogP contribution < -0.4 is 5.56 Å². The van der Waals surface area contributed by atoms with Gasteiger partial charge >= 0.3 is 7.60 Å². The van der Waals surface area contributed by atoms with Crippen LogP contribution in [0.4, 0.5) is 8.78 Å². The number of H-pyrrole nitrogens is 1. The van der Waals surface area contributed by atoms with Crippen molar-refractivity contribution in [2.45, 2.75) is 88.7 Å². The fourth-order valence-electron chi connectivity index (χ4n) is 4.19. The zero-order valence-electron chi connectivity index (χ0n) is 19.9. The van der Waals surface area contributed by atoms with E-state index in [2.05, 4.69) is 4.98 Å². The highest BCUT2D eigenvalue weighted by atomic mass is 31.2. The Hall–Kier alpha value is -1.79. The van der Waals surface area contributed by atoms with Crippen molar-refractivity contribution in [2.24, 2.45) is 0 Å². The van der Waals surface area contributed by atoms with E-state index in [1.165, 1.54) is 13.0 Å². The highest BCUT2D eigenvalue weighted by Crippen LogP contribution is 2.60. The molecule has 0 aromatic carbocycles. The van der Waals surface area contributed by atoms with Crippen LogP contribution in [0.2, 0.25) is 0 Å². The maximum Gasteiger partial charge on any atom is 0.359 e. The van der Waals surface area contributed by atoms with Crippen LogP contribution in [0.3, 0.4) is 0 Å². The fourth-order valence-corrected chi connectivity index (χ4v) is 5.96. The number of pyridine rings is 2. The van der Waals surface area contributed by atoms with Gasteiger partial charge in [-0.05, 0) is 38.3 Å². The van der Waals surface area contributed by atoms with Gasteiger partial charge in [-0.15, -0.1) is 0 Å². The minimum Gasteiger partial charge on any atom is -0.388 e. The lowest BCUT2D eigenvalue weighted by Gasteiger charge is -2.38. The molecule has 0 aromatic heterocycles. The van der Waals surface area contributed by atoms with E-state index in [0.29, 0.717) is 0 Å². The minimum atomic E-state index is -4.54. The van der Waals surface area contributed by atoms with E-state index in [4.69, 9.17) is 9.26 Å². The lowest BCUT2D eigenvalue weighted by Crippen LogP contribution is -2.40. The number of rotatable bonds is 9. The van der Waals surface area contributed by atoms with E-state index in [0.717, 1.165) is 6.07 Å². The highest BCUT2D eigenvalue weighted by Gasteiger charge is 2.51. The number of aromatic nitrogens is 2. The second-order valence-electron chi connectivity index (χ2n) is 9.14. The van der Waals surface area contributed by atoms with Crippen LogP contribution in [-0.4, -0.2) is 59.4 Å². The summed E-state index contributed by atoms with van der Waals surface area (Å²) < 4.78 is 51.3. The van der Waals surface area contributed by atoms with Gasteiger partial charge in [0.15, 0.2) is 11.2 Å². The zero-order valence-corrected chi connectivity index (χ0v) is 20.8. The van der Waals surface area contributed by atoms with E-state index in [9.17, 15) is 38.4 Å². The summed E-state index contributed by atoms with van der Waals surface area (Å²) in [4.78, 5) is 28.8. The first-order valence-electron chi connectivity index (χ1n) is 11.4. The van der Waals surface area contributed by atoms with Gasteiger partial charge in [-0.2, -0.15) is 9.37 Å². The van der Waals surface area contributed by atoms with Gasteiger partial charge in [-0.1, -0.05) is 20.8 Å². The molecular formula is C22H31F2N2O8P. The number of nitrogens with zero attached hydrogens (tertiary/aromatic N) is 1. The Kier molecular flexibility index (Phi) is 7.88. The molecule has 3 rings (SSSR count). The first-order valence-corrected chi connectivity index (χ1v) is 12.9. The van der Waals surface area contributed by atoms with Gasteiger partial charge < -0.3 is 34.5 Å². The molecular weight excluding hydrogens is 489 g/mol. The molecule has 196 valence electrons. The molecule has 1 saturated heterocycles. The Labute approximate surface area is 200 Å². The smallest absolute Gasteiger partial charge is 0.359 e. The third-order valence-corrected chi connectivity index (χ3v) is 9.19. The molecule has 5 N–H and O–H groups in total. The third-order valence-electron chi connectivity index (χ3n) is 6.82. The van der Waals surface area contributed by atoms with E-state index < -0.39 is 60.3 Å². The lowest BCUT2D eigenvalue weighted by molar-refractivity contribution is -0.0545. The summed E-state index contributed by atoms with van der Waals surface area (Å²) in [6.07, 6.45) is -5.57. The zero-order chi connectivity index (χ0) is 26.3. The molecule has 0 saturated carbocycles. The number of halogens is 2. The highest BCUT2D eigenvalue weighted by molar-refractivity contribution is 7.54. The predicted octanol–water partition coefficient (Wildman–Crippen LogP) is 2.58. The average molecular weight is 520 g/mol. The summed E-state index contributed by atoms with van der Waals surface area (Å²) in [5, 5.41) is 29.9. The van der Waals surface area contributed by atoms with Gasteiger partial charge in [0, 0.05) is 12.0 Å².